The molecular formula is C13H22O2. The molecule has 0 aliphatic heterocycles. The molecule has 0 spiro atoms. The van der Waals surface area contributed by atoms with Gasteiger partial charge in [0.1, 0.15) is 5.60 Å². The molecule has 2 heteroatoms. The Bertz CT molecular complexity index is 213. The summed E-state index contributed by atoms with van der Waals surface area (Å²) < 4.78 is 5.56. The first kappa shape index (κ1) is 12.3. The van der Waals surface area contributed by atoms with Crippen LogP contribution in [-0.4, -0.2) is 11.6 Å². The van der Waals surface area contributed by atoms with Crippen molar-refractivity contribution in [2.45, 2.75) is 63.9 Å². The van der Waals surface area contributed by atoms with Crippen molar-refractivity contribution in [3.05, 3.63) is 12.7 Å². The van der Waals surface area contributed by atoms with Crippen molar-refractivity contribution in [3.8, 4) is 0 Å². The zero-order valence-electron chi connectivity index (χ0n) is 9.76. The van der Waals surface area contributed by atoms with Crippen LogP contribution in [0.25, 0.3) is 0 Å². The van der Waals surface area contributed by atoms with Crippen LogP contribution < -0.4 is 0 Å². The number of hydrogen-bond acceptors (Lipinski definition) is 2. The van der Waals surface area contributed by atoms with Gasteiger partial charge in [-0.15, -0.1) is 0 Å². The van der Waals surface area contributed by atoms with Crippen LogP contribution in [0.2, 0.25) is 0 Å². The number of rotatable bonds is 3. The lowest BCUT2D eigenvalue weighted by molar-refractivity contribution is -0.156. The van der Waals surface area contributed by atoms with E-state index in [0.717, 1.165) is 25.7 Å². The highest BCUT2D eigenvalue weighted by molar-refractivity contribution is 5.69. The van der Waals surface area contributed by atoms with Crippen molar-refractivity contribution in [2.24, 2.45) is 0 Å². The lowest BCUT2D eigenvalue weighted by Gasteiger charge is -2.32. The molecule has 1 fully saturated rings. The fourth-order valence-corrected chi connectivity index (χ4v) is 2.15. The minimum Gasteiger partial charge on any atom is -0.455 e. The first-order chi connectivity index (χ1) is 7.22. The van der Waals surface area contributed by atoms with E-state index >= 15 is 0 Å². The second kappa shape index (κ2) is 5.94. The Labute approximate surface area is 92.7 Å². The smallest absolute Gasteiger partial charge is 0.306 e. The lowest BCUT2D eigenvalue weighted by Crippen LogP contribution is -2.33. The fourth-order valence-electron chi connectivity index (χ4n) is 2.15. The van der Waals surface area contributed by atoms with E-state index in [1.165, 1.54) is 19.3 Å². The third-order valence-electron chi connectivity index (χ3n) is 3.18. The molecule has 1 aliphatic rings. The van der Waals surface area contributed by atoms with Gasteiger partial charge in [0, 0.05) is 6.42 Å². The van der Waals surface area contributed by atoms with Crippen molar-refractivity contribution in [3.63, 3.8) is 0 Å². The average Bonchev–Trinajstić information content (AvgIpc) is 2.22. The minimum absolute atomic E-state index is 0.101. The van der Waals surface area contributed by atoms with E-state index < -0.39 is 0 Å². The van der Waals surface area contributed by atoms with Gasteiger partial charge >= 0.3 is 5.97 Å². The van der Waals surface area contributed by atoms with Crippen LogP contribution in [0.5, 0.6) is 0 Å². The predicted molar refractivity (Wildman–Crippen MR) is 61.6 cm³/mol. The molecule has 2 nitrogen and oxygen atoms in total. The van der Waals surface area contributed by atoms with Crippen LogP contribution in [0, 0.1) is 0 Å². The van der Waals surface area contributed by atoms with Crippen molar-refractivity contribution in [2.75, 3.05) is 0 Å². The molecule has 0 saturated heterocycles. The second-order valence-corrected chi connectivity index (χ2v) is 4.36. The van der Waals surface area contributed by atoms with Gasteiger partial charge in [-0.3, -0.25) is 4.79 Å². The summed E-state index contributed by atoms with van der Waals surface area (Å²) in [6, 6.07) is 0. The van der Waals surface area contributed by atoms with Crippen LogP contribution in [0.1, 0.15) is 58.3 Å². The van der Waals surface area contributed by atoms with Crippen LogP contribution in [0.15, 0.2) is 12.7 Å². The zero-order chi connectivity index (χ0) is 11.1. The van der Waals surface area contributed by atoms with Gasteiger partial charge in [0.25, 0.3) is 0 Å². The van der Waals surface area contributed by atoms with Gasteiger partial charge in [0.05, 0.1) is 0 Å². The summed E-state index contributed by atoms with van der Waals surface area (Å²) in [5, 5.41) is 0. The number of esters is 1. The van der Waals surface area contributed by atoms with Gasteiger partial charge < -0.3 is 4.74 Å². The molecule has 0 atom stereocenters. The van der Waals surface area contributed by atoms with Gasteiger partial charge in [-0.25, -0.2) is 0 Å². The van der Waals surface area contributed by atoms with Crippen LogP contribution in [0.3, 0.4) is 0 Å². The first-order valence-corrected chi connectivity index (χ1v) is 6.08. The summed E-state index contributed by atoms with van der Waals surface area (Å²) in [6.07, 6.45) is 10.3. The maximum absolute atomic E-state index is 11.4. The van der Waals surface area contributed by atoms with Crippen molar-refractivity contribution >= 4 is 5.97 Å². The molecule has 0 radical (unpaired) electrons. The summed E-state index contributed by atoms with van der Waals surface area (Å²) >= 11 is 0. The third-order valence-corrected chi connectivity index (χ3v) is 3.18. The summed E-state index contributed by atoms with van der Waals surface area (Å²) in [5.41, 5.74) is -0.368. The zero-order valence-corrected chi connectivity index (χ0v) is 9.76. The monoisotopic (exact) mass is 210 g/mol. The molecule has 1 rings (SSSR count). The topological polar surface area (TPSA) is 26.3 Å². The third kappa shape index (κ3) is 3.69. The van der Waals surface area contributed by atoms with Gasteiger partial charge in [-0.05, 0) is 31.8 Å². The molecule has 0 N–H and O–H groups in total. The Morgan fingerprint density at radius 3 is 2.27 bits per heavy atom. The quantitative estimate of drug-likeness (QED) is 0.525. The standard InChI is InChI=1S/C13H22O2/c1-3-12(14)15-13(4-2)10-8-6-5-7-9-11-13/h4H,2-3,5-11H2,1H3. The summed E-state index contributed by atoms with van der Waals surface area (Å²) in [4.78, 5) is 11.4. The molecule has 0 aromatic heterocycles. The number of carbonyl (C=O) groups excluding carboxylic acids is 1. The van der Waals surface area contributed by atoms with Gasteiger partial charge in [0.15, 0.2) is 0 Å². The normalized spacial score (nSPS) is 21.1. The number of ether oxygens (including phenoxy) is 1. The molecule has 1 aliphatic carbocycles. The van der Waals surface area contributed by atoms with E-state index in [2.05, 4.69) is 6.58 Å². The molecule has 0 unspecified atom stereocenters. The average molecular weight is 210 g/mol. The van der Waals surface area contributed by atoms with Crippen LogP contribution in [-0.2, 0) is 9.53 Å². The maximum atomic E-state index is 11.4. The molecule has 0 heterocycles. The highest BCUT2D eigenvalue weighted by Crippen LogP contribution is 2.31. The first-order valence-electron chi connectivity index (χ1n) is 6.08. The van der Waals surface area contributed by atoms with Gasteiger partial charge in [-0.2, -0.15) is 0 Å². The number of hydrogen-bond donors (Lipinski definition) is 0. The fraction of sp³-hybridized carbons (Fsp3) is 0.769. The second-order valence-electron chi connectivity index (χ2n) is 4.36. The summed E-state index contributed by atoms with van der Waals surface area (Å²) in [6.45, 7) is 5.67. The summed E-state index contributed by atoms with van der Waals surface area (Å²) in [7, 11) is 0. The summed E-state index contributed by atoms with van der Waals surface area (Å²) in [5.74, 6) is -0.101. The molecular weight excluding hydrogens is 188 g/mol. The van der Waals surface area contributed by atoms with Crippen LogP contribution in [0.4, 0.5) is 0 Å². The van der Waals surface area contributed by atoms with E-state index in [-0.39, 0.29) is 11.6 Å². The predicted octanol–water partition coefficient (Wildman–Crippen LogP) is 3.61. The van der Waals surface area contributed by atoms with Crippen LogP contribution >= 0.6 is 0 Å². The Hall–Kier alpha value is -0.790. The Morgan fingerprint density at radius 2 is 1.80 bits per heavy atom. The minimum atomic E-state index is -0.368. The molecule has 0 amide bonds. The maximum Gasteiger partial charge on any atom is 0.306 e. The molecule has 0 aromatic carbocycles. The molecule has 1 saturated carbocycles. The largest absolute Gasteiger partial charge is 0.455 e. The SMILES string of the molecule is C=CC1(OC(=O)CC)CCCCCCC1. The van der Waals surface area contributed by atoms with E-state index in [0.29, 0.717) is 6.42 Å². The van der Waals surface area contributed by atoms with Gasteiger partial charge in [-0.1, -0.05) is 32.8 Å². The highest BCUT2D eigenvalue weighted by Gasteiger charge is 2.30. The van der Waals surface area contributed by atoms with Gasteiger partial charge in [0.2, 0.25) is 0 Å². The van der Waals surface area contributed by atoms with E-state index in [9.17, 15) is 4.79 Å². The molecule has 15 heavy (non-hydrogen) atoms. The lowest BCUT2D eigenvalue weighted by atomic mass is 9.87. The Morgan fingerprint density at radius 1 is 1.27 bits per heavy atom. The van der Waals surface area contributed by atoms with E-state index in [1.54, 1.807) is 0 Å². The Balaban J connectivity index is 2.61. The van der Waals surface area contributed by atoms with Crippen molar-refractivity contribution in [1.82, 2.24) is 0 Å². The molecule has 86 valence electrons. The molecule has 0 bridgehead atoms. The Kier molecular flexibility index (Phi) is 4.86. The molecule has 0 aromatic rings. The van der Waals surface area contributed by atoms with Crippen molar-refractivity contribution < 1.29 is 9.53 Å². The highest BCUT2D eigenvalue weighted by atomic mass is 16.6. The van der Waals surface area contributed by atoms with E-state index in [1.807, 2.05) is 13.0 Å². The van der Waals surface area contributed by atoms with E-state index in [4.69, 9.17) is 4.74 Å². The van der Waals surface area contributed by atoms with Crippen molar-refractivity contribution in [1.29, 1.82) is 0 Å². The number of carbonyl (C=O) groups is 1.